The van der Waals surface area contributed by atoms with Crippen LogP contribution in [0.5, 0.6) is 0 Å². The Kier molecular flexibility index (Phi) is 4.67. The molecule has 0 bridgehead atoms. The topological polar surface area (TPSA) is 68.8 Å². The summed E-state index contributed by atoms with van der Waals surface area (Å²) in [5, 5.41) is 4.17. The molecule has 0 aliphatic rings. The number of nitrogens with one attached hydrogen (secondary N) is 1. The van der Waals surface area contributed by atoms with Gasteiger partial charge in [-0.1, -0.05) is 12.1 Å². The van der Waals surface area contributed by atoms with Gasteiger partial charge in [-0.15, -0.1) is 0 Å². The van der Waals surface area contributed by atoms with Crippen molar-refractivity contribution in [3.8, 4) is 0 Å². The van der Waals surface area contributed by atoms with Crippen LogP contribution >= 0.6 is 22.6 Å². The molecule has 0 amide bonds. The van der Waals surface area contributed by atoms with Crippen molar-refractivity contribution in [3.63, 3.8) is 0 Å². The number of nitrogens with zero attached hydrogens (tertiary/aromatic N) is 3. The molecule has 96 valence electrons. The number of aromatic nitrogens is 3. The van der Waals surface area contributed by atoms with Crippen LogP contribution in [0.3, 0.4) is 0 Å². The van der Waals surface area contributed by atoms with E-state index in [0.717, 1.165) is 24.4 Å². The average Bonchev–Trinajstić information content (AvgIpc) is 2.83. The highest BCUT2D eigenvalue weighted by Crippen LogP contribution is 2.18. The largest absolute Gasteiger partial charge is 0.271 e. The molecule has 5 nitrogen and oxygen atoms in total. The van der Waals surface area contributed by atoms with Gasteiger partial charge >= 0.3 is 0 Å². The number of hydrazine groups is 1. The van der Waals surface area contributed by atoms with Gasteiger partial charge in [0.2, 0.25) is 0 Å². The third-order valence-electron chi connectivity index (χ3n) is 2.83. The van der Waals surface area contributed by atoms with Crippen molar-refractivity contribution < 1.29 is 0 Å². The second-order valence-corrected chi connectivity index (χ2v) is 5.22. The van der Waals surface area contributed by atoms with Crippen LogP contribution in [0.1, 0.15) is 24.4 Å². The maximum Gasteiger partial charge on any atom is 0.138 e. The molecule has 1 atom stereocenters. The van der Waals surface area contributed by atoms with Crippen molar-refractivity contribution in [2.24, 2.45) is 5.84 Å². The minimum atomic E-state index is 0.0502. The van der Waals surface area contributed by atoms with E-state index >= 15 is 0 Å². The van der Waals surface area contributed by atoms with E-state index in [4.69, 9.17) is 5.84 Å². The lowest BCUT2D eigenvalue weighted by molar-refractivity contribution is 0.510. The van der Waals surface area contributed by atoms with Crippen LogP contribution in [0.15, 0.2) is 30.6 Å². The number of hydrogen-bond donors (Lipinski definition) is 2. The van der Waals surface area contributed by atoms with Gasteiger partial charge in [-0.25, -0.2) is 4.98 Å². The maximum absolute atomic E-state index is 5.65. The summed E-state index contributed by atoms with van der Waals surface area (Å²) in [6.45, 7) is 2.87. The zero-order chi connectivity index (χ0) is 13.0. The fraction of sp³-hybridized carbons (Fsp3) is 0.333. The molecule has 0 saturated carbocycles. The quantitative estimate of drug-likeness (QED) is 0.485. The number of benzene rings is 1. The number of aryl methyl sites for hydroxylation is 1. The molecular formula is C12H16IN5. The van der Waals surface area contributed by atoms with Crippen LogP contribution < -0.4 is 11.3 Å². The highest BCUT2D eigenvalue weighted by atomic mass is 127. The van der Waals surface area contributed by atoms with E-state index < -0.39 is 0 Å². The normalized spacial score (nSPS) is 12.6. The molecular weight excluding hydrogens is 341 g/mol. The van der Waals surface area contributed by atoms with Crippen molar-refractivity contribution in [1.29, 1.82) is 0 Å². The minimum Gasteiger partial charge on any atom is -0.271 e. The molecule has 1 aromatic heterocycles. The van der Waals surface area contributed by atoms with Gasteiger partial charge in [0, 0.05) is 16.5 Å². The van der Waals surface area contributed by atoms with Gasteiger partial charge in [-0.2, -0.15) is 5.10 Å². The van der Waals surface area contributed by atoms with E-state index in [1.54, 1.807) is 6.33 Å². The van der Waals surface area contributed by atoms with Gasteiger partial charge in [0.1, 0.15) is 12.2 Å². The third-order valence-corrected chi connectivity index (χ3v) is 3.51. The van der Waals surface area contributed by atoms with Gasteiger partial charge in [0.15, 0.2) is 0 Å². The number of rotatable bonds is 5. The molecule has 0 spiro atoms. The highest BCUT2D eigenvalue weighted by Gasteiger charge is 2.14. The first-order valence-electron chi connectivity index (χ1n) is 5.83. The Balaban J connectivity index is 2.20. The first-order valence-corrected chi connectivity index (χ1v) is 6.90. The Morgan fingerprint density at radius 3 is 3.00 bits per heavy atom. The summed E-state index contributed by atoms with van der Waals surface area (Å²) in [5.74, 6) is 6.60. The molecule has 2 aromatic rings. The maximum atomic E-state index is 5.65. The summed E-state index contributed by atoms with van der Waals surface area (Å²) >= 11 is 2.30. The van der Waals surface area contributed by atoms with Crippen LogP contribution in [0.4, 0.5) is 0 Å². The van der Waals surface area contributed by atoms with Gasteiger partial charge in [-0.05, 0) is 47.2 Å². The molecule has 0 saturated heterocycles. The molecule has 2 rings (SSSR count). The summed E-state index contributed by atoms with van der Waals surface area (Å²) in [5.41, 5.74) is 4.01. The minimum absolute atomic E-state index is 0.0502. The van der Waals surface area contributed by atoms with Crippen LogP contribution in [0.25, 0.3) is 0 Å². The molecule has 0 aliphatic carbocycles. The van der Waals surface area contributed by atoms with Gasteiger partial charge < -0.3 is 0 Å². The van der Waals surface area contributed by atoms with Gasteiger partial charge in [0.05, 0.1) is 6.04 Å². The molecule has 18 heavy (non-hydrogen) atoms. The Hall–Kier alpha value is -0.990. The van der Waals surface area contributed by atoms with Crippen LogP contribution in [0, 0.1) is 3.57 Å². The monoisotopic (exact) mass is 357 g/mol. The summed E-state index contributed by atoms with van der Waals surface area (Å²) in [6.07, 6.45) is 2.31. The average molecular weight is 357 g/mol. The molecule has 3 N–H and O–H groups in total. The van der Waals surface area contributed by atoms with Crippen molar-refractivity contribution in [2.75, 3.05) is 0 Å². The van der Waals surface area contributed by atoms with E-state index in [0.29, 0.717) is 0 Å². The molecule has 1 unspecified atom stereocenters. The Morgan fingerprint density at radius 1 is 1.50 bits per heavy atom. The molecule has 0 radical (unpaired) electrons. The first kappa shape index (κ1) is 13.4. The van der Waals surface area contributed by atoms with Crippen molar-refractivity contribution >= 4 is 22.6 Å². The van der Waals surface area contributed by atoms with Crippen molar-refractivity contribution in [1.82, 2.24) is 20.2 Å². The summed E-state index contributed by atoms with van der Waals surface area (Å²) in [7, 11) is 0. The standard InChI is InChI=1S/C12H16IN5/c1-2-18-12(15-8-16-18)7-11(17-14)9-4-3-5-10(13)6-9/h3-6,8,11,17H,2,7,14H2,1H3. The van der Waals surface area contributed by atoms with E-state index in [1.165, 1.54) is 3.57 Å². The molecule has 0 fully saturated rings. The Labute approximate surface area is 120 Å². The van der Waals surface area contributed by atoms with E-state index in [1.807, 2.05) is 10.7 Å². The van der Waals surface area contributed by atoms with Crippen LogP contribution in [0.2, 0.25) is 0 Å². The first-order chi connectivity index (χ1) is 8.74. The van der Waals surface area contributed by atoms with Gasteiger partial charge in [-0.3, -0.25) is 16.0 Å². The molecule has 1 aromatic carbocycles. The number of halogens is 1. The molecule has 1 heterocycles. The summed E-state index contributed by atoms with van der Waals surface area (Å²) < 4.78 is 3.08. The fourth-order valence-electron chi connectivity index (χ4n) is 1.89. The van der Waals surface area contributed by atoms with Gasteiger partial charge in [0.25, 0.3) is 0 Å². The van der Waals surface area contributed by atoms with Crippen LogP contribution in [-0.2, 0) is 13.0 Å². The predicted octanol–water partition coefficient (Wildman–Crippen LogP) is 1.65. The SMILES string of the molecule is CCn1ncnc1CC(NN)c1cccc(I)c1. The lowest BCUT2D eigenvalue weighted by Gasteiger charge is -2.16. The third kappa shape index (κ3) is 3.06. The second kappa shape index (κ2) is 6.26. The zero-order valence-electron chi connectivity index (χ0n) is 10.2. The molecule has 0 aliphatic heterocycles. The second-order valence-electron chi connectivity index (χ2n) is 3.97. The highest BCUT2D eigenvalue weighted by molar-refractivity contribution is 14.1. The van der Waals surface area contributed by atoms with Crippen molar-refractivity contribution in [3.05, 3.63) is 45.6 Å². The van der Waals surface area contributed by atoms with Crippen LogP contribution in [-0.4, -0.2) is 14.8 Å². The fourth-order valence-corrected chi connectivity index (χ4v) is 2.46. The van der Waals surface area contributed by atoms with E-state index in [9.17, 15) is 0 Å². The Bertz CT molecular complexity index is 511. The predicted molar refractivity (Wildman–Crippen MR) is 78.6 cm³/mol. The smallest absolute Gasteiger partial charge is 0.138 e. The molecule has 6 heteroatoms. The van der Waals surface area contributed by atoms with E-state index in [-0.39, 0.29) is 6.04 Å². The van der Waals surface area contributed by atoms with Crippen molar-refractivity contribution in [2.45, 2.75) is 25.9 Å². The summed E-state index contributed by atoms with van der Waals surface area (Å²) in [6, 6.07) is 8.34. The van der Waals surface area contributed by atoms with E-state index in [2.05, 4.69) is 63.2 Å². The lowest BCUT2D eigenvalue weighted by Crippen LogP contribution is -2.30. The number of nitrogens with two attached hydrogens (primary N) is 1. The number of hydrogen-bond acceptors (Lipinski definition) is 4. The summed E-state index contributed by atoms with van der Waals surface area (Å²) in [4.78, 5) is 4.28. The lowest BCUT2D eigenvalue weighted by atomic mass is 10.0. The Morgan fingerprint density at radius 2 is 2.33 bits per heavy atom. The zero-order valence-corrected chi connectivity index (χ0v) is 12.3.